The molecule has 2 aromatic carbocycles. The van der Waals surface area contributed by atoms with Gasteiger partial charge in [-0.25, -0.2) is 0 Å². The monoisotopic (exact) mass is 378 g/mol. The smallest absolute Gasteiger partial charge is 0.260 e. The number of benzene rings is 2. The number of anilines is 1. The molecule has 0 bridgehead atoms. The minimum absolute atomic E-state index is 0.0323. The molecule has 2 amide bonds. The fourth-order valence-corrected chi connectivity index (χ4v) is 3.07. The van der Waals surface area contributed by atoms with Gasteiger partial charge in [0.2, 0.25) is 5.82 Å². The molecule has 1 aliphatic rings. The number of ether oxygens (including phenoxy) is 1. The highest BCUT2D eigenvalue weighted by atomic mass is 16.5. The van der Waals surface area contributed by atoms with Crippen LogP contribution in [0.3, 0.4) is 0 Å². The molecule has 0 saturated heterocycles. The van der Waals surface area contributed by atoms with Crippen LogP contribution in [0.2, 0.25) is 0 Å². The average molecular weight is 378 g/mol. The second-order valence-corrected chi connectivity index (χ2v) is 6.44. The van der Waals surface area contributed by atoms with Crippen LogP contribution in [0.5, 0.6) is 5.75 Å². The molecule has 0 fully saturated rings. The van der Waals surface area contributed by atoms with E-state index in [1.165, 1.54) is 9.70 Å². The number of aromatic nitrogens is 4. The van der Waals surface area contributed by atoms with E-state index in [2.05, 4.69) is 15.4 Å². The quantitative estimate of drug-likeness (QED) is 0.722. The molecule has 0 saturated carbocycles. The van der Waals surface area contributed by atoms with Crippen molar-refractivity contribution in [2.24, 2.45) is 5.73 Å². The molecule has 2 heterocycles. The van der Waals surface area contributed by atoms with Crippen molar-refractivity contribution in [1.82, 2.24) is 20.2 Å². The number of hydrogen-bond donors (Lipinski definition) is 1. The number of nitrogens with zero attached hydrogens (tertiary/aromatic N) is 5. The van der Waals surface area contributed by atoms with E-state index in [1.54, 1.807) is 24.3 Å². The topological polar surface area (TPSA) is 116 Å². The largest absolute Gasteiger partial charge is 0.477 e. The Morgan fingerprint density at radius 1 is 1.18 bits per heavy atom. The van der Waals surface area contributed by atoms with Gasteiger partial charge in [0.05, 0.1) is 12.2 Å². The van der Waals surface area contributed by atoms with Gasteiger partial charge in [-0.3, -0.25) is 9.59 Å². The molecule has 4 rings (SSSR count). The van der Waals surface area contributed by atoms with E-state index < -0.39 is 12.0 Å². The van der Waals surface area contributed by atoms with Crippen LogP contribution in [-0.2, 0) is 16.1 Å². The first-order chi connectivity index (χ1) is 13.5. The van der Waals surface area contributed by atoms with Gasteiger partial charge in [-0.1, -0.05) is 36.4 Å². The van der Waals surface area contributed by atoms with E-state index in [1.807, 2.05) is 31.2 Å². The van der Waals surface area contributed by atoms with Crippen molar-refractivity contribution in [3.63, 3.8) is 0 Å². The summed E-state index contributed by atoms with van der Waals surface area (Å²) in [4.78, 5) is 27.2. The van der Waals surface area contributed by atoms with Crippen molar-refractivity contribution in [3.8, 4) is 17.1 Å². The molecule has 142 valence electrons. The van der Waals surface area contributed by atoms with Crippen LogP contribution in [0.25, 0.3) is 11.4 Å². The minimum atomic E-state index is -0.912. The molecule has 9 heteroatoms. The van der Waals surface area contributed by atoms with E-state index in [0.717, 1.165) is 11.1 Å². The lowest BCUT2D eigenvalue weighted by Crippen LogP contribution is -2.50. The van der Waals surface area contributed by atoms with Crippen molar-refractivity contribution < 1.29 is 14.3 Å². The Bertz CT molecular complexity index is 1050. The summed E-state index contributed by atoms with van der Waals surface area (Å²) in [6.45, 7) is 1.86. The number of fused-ring (bicyclic) bond motifs is 1. The lowest BCUT2D eigenvalue weighted by Gasteiger charge is -2.33. The van der Waals surface area contributed by atoms with Crippen molar-refractivity contribution >= 4 is 17.5 Å². The van der Waals surface area contributed by atoms with Crippen molar-refractivity contribution in [2.45, 2.75) is 19.6 Å². The number of aryl methyl sites for hydroxylation is 1. The summed E-state index contributed by atoms with van der Waals surface area (Å²) in [6, 6.07) is 14.7. The third-order valence-electron chi connectivity index (χ3n) is 4.51. The first-order valence-electron chi connectivity index (χ1n) is 8.72. The molecule has 3 aromatic rings. The number of carbonyl (C=O) groups is 2. The van der Waals surface area contributed by atoms with E-state index in [9.17, 15) is 9.59 Å². The number of para-hydroxylation sites is 2. The maximum Gasteiger partial charge on any atom is 0.260 e. The average Bonchev–Trinajstić information content (AvgIpc) is 3.15. The Balaban J connectivity index is 1.57. The summed E-state index contributed by atoms with van der Waals surface area (Å²) in [5.74, 6) is -0.0508. The van der Waals surface area contributed by atoms with Crippen LogP contribution in [-0.4, -0.2) is 44.7 Å². The van der Waals surface area contributed by atoms with Gasteiger partial charge < -0.3 is 15.4 Å². The van der Waals surface area contributed by atoms with Gasteiger partial charge in [-0.05, 0) is 29.8 Å². The predicted octanol–water partition coefficient (Wildman–Crippen LogP) is 0.928. The van der Waals surface area contributed by atoms with Crippen LogP contribution >= 0.6 is 0 Å². The van der Waals surface area contributed by atoms with Gasteiger partial charge in [0, 0.05) is 5.56 Å². The van der Waals surface area contributed by atoms with Gasteiger partial charge in [0.25, 0.3) is 11.8 Å². The number of primary amides is 1. The number of hydrogen-bond acceptors (Lipinski definition) is 6. The standard InChI is InChI=1S/C19H18N6O3/c1-12-6-2-3-7-13(12)19-21-23-25(22-19)11-17(26)24-10-16(18(20)27)28-15-9-5-4-8-14(15)24/h2-9,16H,10-11H2,1H3,(H2,20,27). The molecular weight excluding hydrogens is 360 g/mol. The molecule has 1 aromatic heterocycles. The number of nitrogens with two attached hydrogens (primary N) is 1. The lowest BCUT2D eigenvalue weighted by molar-refractivity contribution is -0.125. The molecule has 0 spiro atoms. The van der Waals surface area contributed by atoms with Crippen LogP contribution < -0.4 is 15.4 Å². The van der Waals surface area contributed by atoms with Crippen LogP contribution in [0.15, 0.2) is 48.5 Å². The predicted molar refractivity (Wildman–Crippen MR) is 100 cm³/mol. The van der Waals surface area contributed by atoms with Crippen LogP contribution in [0, 0.1) is 6.92 Å². The molecular formula is C19H18N6O3. The third-order valence-corrected chi connectivity index (χ3v) is 4.51. The Morgan fingerprint density at radius 2 is 1.93 bits per heavy atom. The molecule has 28 heavy (non-hydrogen) atoms. The van der Waals surface area contributed by atoms with Gasteiger partial charge in [0.1, 0.15) is 12.3 Å². The molecule has 2 N–H and O–H groups in total. The molecule has 9 nitrogen and oxygen atoms in total. The summed E-state index contributed by atoms with van der Waals surface area (Å²) in [5.41, 5.74) is 7.82. The van der Waals surface area contributed by atoms with Crippen LogP contribution in [0.4, 0.5) is 5.69 Å². The Hall–Kier alpha value is -3.75. The fourth-order valence-electron chi connectivity index (χ4n) is 3.07. The van der Waals surface area contributed by atoms with E-state index in [-0.39, 0.29) is 19.0 Å². The highest BCUT2D eigenvalue weighted by Crippen LogP contribution is 2.33. The van der Waals surface area contributed by atoms with E-state index >= 15 is 0 Å². The maximum absolute atomic E-state index is 12.9. The van der Waals surface area contributed by atoms with E-state index in [4.69, 9.17) is 10.5 Å². The van der Waals surface area contributed by atoms with Gasteiger partial charge in [-0.15, -0.1) is 10.2 Å². The van der Waals surface area contributed by atoms with Gasteiger partial charge in [0.15, 0.2) is 6.10 Å². The summed E-state index contributed by atoms with van der Waals surface area (Å²) < 4.78 is 5.58. The molecule has 0 radical (unpaired) electrons. The maximum atomic E-state index is 12.9. The Morgan fingerprint density at radius 3 is 2.71 bits per heavy atom. The minimum Gasteiger partial charge on any atom is -0.477 e. The SMILES string of the molecule is Cc1ccccc1-c1nnn(CC(=O)N2CC(C(N)=O)Oc3ccccc32)n1. The number of carbonyl (C=O) groups excluding carboxylic acids is 2. The molecule has 0 aliphatic carbocycles. The third kappa shape index (κ3) is 3.29. The highest BCUT2D eigenvalue weighted by Gasteiger charge is 2.32. The first-order valence-corrected chi connectivity index (χ1v) is 8.72. The second-order valence-electron chi connectivity index (χ2n) is 6.44. The van der Waals surface area contributed by atoms with Gasteiger partial charge in [-0.2, -0.15) is 4.80 Å². The zero-order chi connectivity index (χ0) is 19.7. The van der Waals surface area contributed by atoms with E-state index in [0.29, 0.717) is 17.3 Å². The fraction of sp³-hybridized carbons (Fsp3) is 0.211. The lowest BCUT2D eigenvalue weighted by atomic mass is 10.1. The molecule has 1 atom stereocenters. The van der Waals surface area contributed by atoms with Crippen molar-refractivity contribution in [2.75, 3.05) is 11.4 Å². The normalized spacial score (nSPS) is 15.6. The van der Waals surface area contributed by atoms with Gasteiger partial charge >= 0.3 is 0 Å². The summed E-state index contributed by atoms with van der Waals surface area (Å²) >= 11 is 0. The number of rotatable bonds is 4. The number of tetrazole rings is 1. The first kappa shape index (κ1) is 17.7. The summed E-state index contributed by atoms with van der Waals surface area (Å²) in [7, 11) is 0. The summed E-state index contributed by atoms with van der Waals surface area (Å²) in [6.07, 6.45) is -0.912. The highest BCUT2D eigenvalue weighted by molar-refractivity contribution is 5.96. The number of amides is 2. The molecule has 1 aliphatic heterocycles. The van der Waals surface area contributed by atoms with Crippen molar-refractivity contribution in [1.29, 1.82) is 0 Å². The Labute approximate surface area is 160 Å². The van der Waals surface area contributed by atoms with Crippen LogP contribution in [0.1, 0.15) is 5.56 Å². The zero-order valence-corrected chi connectivity index (χ0v) is 15.1. The summed E-state index contributed by atoms with van der Waals surface area (Å²) in [5, 5.41) is 12.3. The Kier molecular flexibility index (Phi) is 4.48. The van der Waals surface area contributed by atoms with Crippen molar-refractivity contribution in [3.05, 3.63) is 54.1 Å². The second kappa shape index (κ2) is 7.10. The molecule has 1 unspecified atom stereocenters. The zero-order valence-electron chi connectivity index (χ0n) is 15.1.